The van der Waals surface area contributed by atoms with Gasteiger partial charge in [0.15, 0.2) is 11.6 Å². The third kappa shape index (κ3) is 5.76. The zero-order valence-corrected chi connectivity index (χ0v) is 18.2. The lowest BCUT2D eigenvalue weighted by atomic mass is 10.2. The van der Waals surface area contributed by atoms with Gasteiger partial charge in [-0.1, -0.05) is 18.2 Å². The number of carbonyl (C=O) groups excluding carboxylic acids is 2. The summed E-state index contributed by atoms with van der Waals surface area (Å²) in [6.45, 7) is 4.22. The monoisotopic (exact) mass is 441 g/mol. The normalized spacial score (nSPS) is 10.9. The SMILES string of the molecule is Cc1nn(-c2ccccc2)c(C)c1CN(C)CC(=O)NCC(=O)Nc1ccc(F)c(F)c1. The Balaban J connectivity index is 1.51. The molecule has 0 unspecified atom stereocenters. The lowest BCUT2D eigenvalue weighted by Crippen LogP contribution is -2.39. The minimum absolute atomic E-state index is 0.0772. The number of nitrogens with one attached hydrogen (secondary N) is 2. The second-order valence-corrected chi connectivity index (χ2v) is 7.52. The maximum Gasteiger partial charge on any atom is 0.243 e. The van der Waals surface area contributed by atoms with Crippen LogP contribution in [-0.4, -0.2) is 46.6 Å². The highest BCUT2D eigenvalue weighted by Crippen LogP contribution is 2.19. The van der Waals surface area contributed by atoms with Crippen LogP contribution in [0.4, 0.5) is 14.5 Å². The minimum Gasteiger partial charge on any atom is -0.346 e. The molecule has 9 heteroatoms. The van der Waals surface area contributed by atoms with Gasteiger partial charge in [0, 0.05) is 29.6 Å². The Bertz CT molecular complexity index is 1120. The third-order valence-electron chi connectivity index (χ3n) is 4.93. The summed E-state index contributed by atoms with van der Waals surface area (Å²) in [5.74, 6) is -2.93. The predicted octanol–water partition coefficient (Wildman–Crippen LogP) is 2.95. The van der Waals surface area contributed by atoms with Gasteiger partial charge in [-0.15, -0.1) is 0 Å². The highest BCUT2D eigenvalue weighted by Gasteiger charge is 2.16. The molecule has 0 saturated carbocycles. The zero-order chi connectivity index (χ0) is 23.3. The first-order chi connectivity index (χ1) is 15.2. The summed E-state index contributed by atoms with van der Waals surface area (Å²) in [5, 5.41) is 9.54. The number of nitrogens with zero attached hydrogens (tertiary/aromatic N) is 3. The molecule has 0 bridgehead atoms. The molecule has 2 N–H and O–H groups in total. The Hall–Kier alpha value is -3.59. The van der Waals surface area contributed by atoms with Gasteiger partial charge in [0.05, 0.1) is 24.5 Å². The Morgan fingerprint density at radius 3 is 2.44 bits per heavy atom. The molecule has 0 atom stereocenters. The number of benzene rings is 2. The maximum atomic E-state index is 13.2. The number of carbonyl (C=O) groups is 2. The predicted molar refractivity (Wildman–Crippen MR) is 117 cm³/mol. The molecule has 168 valence electrons. The Kier molecular flexibility index (Phi) is 7.32. The van der Waals surface area contributed by atoms with Crippen LogP contribution >= 0.6 is 0 Å². The van der Waals surface area contributed by atoms with E-state index in [1.165, 1.54) is 6.07 Å². The molecule has 7 nitrogen and oxygen atoms in total. The number of amides is 2. The van der Waals surface area contributed by atoms with Crippen molar-refractivity contribution in [3.05, 3.63) is 77.1 Å². The van der Waals surface area contributed by atoms with Crippen LogP contribution in [0, 0.1) is 25.5 Å². The Morgan fingerprint density at radius 1 is 1.03 bits per heavy atom. The van der Waals surface area contributed by atoms with Crippen LogP contribution in [0.2, 0.25) is 0 Å². The number of anilines is 1. The number of hydrogen-bond acceptors (Lipinski definition) is 4. The van der Waals surface area contributed by atoms with E-state index in [2.05, 4.69) is 15.7 Å². The van der Waals surface area contributed by atoms with Crippen molar-refractivity contribution < 1.29 is 18.4 Å². The van der Waals surface area contributed by atoms with Crippen molar-refractivity contribution in [2.24, 2.45) is 0 Å². The summed E-state index contributed by atoms with van der Waals surface area (Å²) in [7, 11) is 1.81. The van der Waals surface area contributed by atoms with Crippen molar-refractivity contribution in [3.63, 3.8) is 0 Å². The molecule has 2 amide bonds. The molecule has 0 aliphatic heterocycles. The maximum absolute atomic E-state index is 13.2. The molecule has 0 aliphatic carbocycles. The van der Waals surface area contributed by atoms with Crippen LogP contribution in [0.3, 0.4) is 0 Å². The Morgan fingerprint density at radius 2 is 1.75 bits per heavy atom. The van der Waals surface area contributed by atoms with E-state index in [1.54, 1.807) is 7.05 Å². The van der Waals surface area contributed by atoms with Crippen LogP contribution in [0.1, 0.15) is 17.0 Å². The quantitative estimate of drug-likeness (QED) is 0.563. The highest BCUT2D eigenvalue weighted by molar-refractivity contribution is 5.94. The molecule has 0 spiro atoms. The fraction of sp³-hybridized carbons (Fsp3) is 0.261. The first kappa shape index (κ1) is 23.1. The molecule has 0 saturated heterocycles. The van der Waals surface area contributed by atoms with Crippen molar-refractivity contribution in [2.75, 3.05) is 25.5 Å². The number of halogens is 2. The van der Waals surface area contributed by atoms with Crippen LogP contribution < -0.4 is 10.6 Å². The summed E-state index contributed by atoms with van der Waals surface area (Å²) in [6, 6.07) is 12.8. The van der Waals surface area contributed by atoms with Crippen molar-refractivity contribution in [3.8, 4) is 5.69 Å². The molecule has 3 aromatic rings. The summed E-state index contributed by atoms with van der Waals surface area (Å²) < 4.78 is 28.0. The highest BCUT2D eigenvalue weighted by atomic mass is 19.2. The van der Waals surface area contributed by atoms with Gasteiger partial charge in [-0.3, -0.25) is 14.5 Å². The molecule has 2 aromatic carbocycles. The van der Waals surface area contributed by atoms with E-state index < -0.39 is 17.5 Å². The van der Waals surface area contributed by atoms with Crippen LogP contribution in [-0.2, 0) is 16.1 Å². The van der Waals surface area contributed by atoms with Crippen molar-refractivity contribution in [1.82, 2.24) is 20.0 Å². The van der Waals surface area contributed by atoms with E-state index in [4.69, 9.17) is 0 Å². The van der Waals surface area contributed by atoms with Crippen LogP contribution in [0.5, 0.6) is 0 Å². The topological polar surface area (TPSA) is 79.3 Å². The molecular formula is C23H25F2N5O2. The van der Waals surface area contributed by atoms with E-state index in [1.807, 2.05) is 53.8 Å². The average molecular weight is 441 g/mol. The van der Waals surface area contributed by atoms with Gasteiger partial charge >= 0.3 is 0 Å². The van der Waals surface area contributed by atoms with Gasteiger partial charge in [-0.25, -0.2) is 13.5 Å². The smallest absolute Gasteiger partial charge is 0.243 e. The van der Waals surface area contributed by atoms with Gasteiger partial charge in [0.2, 0.25) is 11.8 Å². The molecule has 0 fully saturated rings. The average Bonchev–Trinajstić information content (AvgIpc) is 3.04. The van der Waals surface area contributed by atoms with E-state index >= 15 is 0 Å². The molecule has 0 radical (unpaired) electrons. The number of likely N-dealkylation sites (N-methyl/N-ethyl adjacent to an activating group) is 1. The van der Waals surface area contributed by atoms with Crippen molar-refractivity contribution >= 4 is 17.5 Å². The third-order valence-corrected chi connectivity index (χ3v) is 4.93. The Labute approximate surface area is 185 Å². The zero-order valence-electron chi connectivity index (χ0n) is 18.2. The second-order valence-electron chi connectivity index (χ2n) is 7.52. The van der Waals surface area contributed by atoms with Gasteiger partial charge in [0.1, 0.15) is 0 Å². The summed E-state index contributed by atoms with van der Waals surface area (Å²) >= 11 is 0. The number of aromatic nitrogens is 2. The largest absolute Gasteiger partial charge is 0.346 e. The van der Waals surface area contributed by atoms with Gasteiger partial charge in [0.25, 0.3) is 0 Å². The minimum atomic E-state index is -1.06. The van der Waals surface area contributed by atoms with E-state index in [-0.39, 0.29) is 24.7 Å². The van der Waals surface area contributed by atoms with Crippen LogP contribution in [0.25, 0.3) is 5.69 Å². The molecule has 0 aliphatic rings. The summed E-state index contributed by atoms with van der Waals surface area (Å²) in [6.07, 6.45) is 0. The molecule has 1 aromatic heterocycles. The number of hydrogen-bond donors (Lipinski definition) is 2. The van der Waals surface area contributed by atoms with E-state index in [0.717, 1.165) is 34.8 Å². The molecule has 3 rings (SSSR count). The second kappa shape index (κ2) is 10.1. The van der Waals surface area contributed by atoms with Gasteiger partial charge < -0.3 is 10.6 Å². The number of rotatable bonds is 8. The van der Waals surface area contributed by atoms with E-state index in [0.29, 0.717) is 6.54 Å². The number of aryl methyl sites for hydroxylation is 1. The van der Waals surface area contributed by atoms with Crippen LogP contribution in [0.15, 0.2) is 48.5 Å². The van der Waals surface area contributed by atoms with Crippen molar-refractivity contribution in [1.29, 1.82) is 0 Å². The van der Waals surface area contributed by atoms with E-state index in [9.17, 15) is 18.4 Å². The number of para-hydroxylation sites is 1. The molecule has 32 heavy (non-hydrogen) atoms. The first-order valence-electron chi connectivity index (χ1n) is 10.0. The molecular weight excluding hydrogens is 416 g/mol. The fourth-order valence-corrected chi connectivity index (χ4v) is 3.31. The first-order valence-corrected chi connectivity index (χ1v) is 10.0. The lowest BCUT2D eigenvalue weighted by Gasteiger charge is -2.17. The van der Waals surface area contributed by atoms with Gasteiger partial charge in [-0.2, -0.15) is 5.10 Å². The summed E-state index contributed by atoms with van der Waals surface area (Å²) in [4.78, 5) is 26.0. The van der Waals surface area contributed by atoms with Crippen molar-refractivity contribution in [2.45, 2.75) is 20.4 Å². The fourth-order valence-electron chi connectivity index (χ4n) is 3.31. The van der Waals surface area contributed by atoms with Gasteiger partial charge in [-0.05, 0) is 45.2 Å². The molecule has 1 heterocycles. The lowest BCUT2D eigenvalue weighted by molar-refractivity contribution is -0.124. The standard InChI is InChI=1S/C23H25F2N5O2/c1-15-19(16(2)30(28-15)18-7-5-4-6-8-18)13-29(3)14-23(32)26-12-22(31)27-17-9-10-20(24)21(25)11-17/h4-11H,12-14H2,1-3H3,(H,26,32)(H,27,31). The summed E-state index contributed by atoms with van der Waals surface area (Å²) in [5.41, 5.74) is 3.98.